The Morgan fingerprint density at radius 3 is 2.87 bits per heavy atom. The quantitative estimate of drug-likeness (QED) is 0.598. The highest BCUT2D eigenvalue weighted by Gasteiger charge is 2.08. The van der Waals surface area contributed by atoms with Crippen molar-refractivity contribution in [3.05, 3.63) is 36.8 Å². The zero-order chi connectivity index (χ0) is 10.7. The number of hydrogen-bond acceptors (Lipinski definition) is 3. The standard InChI is InChI=1S/C11H10N2O2/c1-8(14)15-11-5-3-2-4-9(11)10-6-12-7-13-10/h2-7H,1H3,(H,12,13). The van der Waals surface area contributed by atoms with Crippen molar-refractivity contribution < 1.29 is 9.53 Å². The number of carbonyl (C=O) groups is 1. The van der Waals surface area contributed by atoms with E-state index in [1.165, 1.54) is 6.92 Å². The molecule has 0 saturated heterocycles. The molecule has 76 valence electrons. The van der Waals surface area contributed by atoms with Gasteiger partial charge in [0.2, 0.25) is 0 Å². The summed E-state index contributed by atoms with van der Waals surface area (Å²) in [7, 11) is 0. The second kappa shape index (κ2) is 3.96. The topological polar surface area (TPSA) is 55.0 Å². The molecule has 0 amide bonds. The summed E-state index contributed by atoms with van der Waals surface area (Å²) in [6.45, 7) is 1.38. The van der Waals surface area contributed by atoms with E-state index >= 15 is 0 Å². The fourth-order valence-corrected chi connectivity index (χ4v) is 1.33. The maximum atomic E-state index is 10.9. The Morgan fingerprint density at radius 2 is 2.20 bits per heavy atom. The number of nitrogens with zero attached hydrogens (tertiary/aromatic N) is 1. The molecule has 4 heteroatoms. The van der Waals surface area contributed by atoms with Gasteiger partial charge < -0.3 is 9.72 Å². The number of aromatic nitrogens is 2. The molecule has 0 bridgehead atoms. The van der Waals surface area contributed by atoms with Crippen LogP contribution in [0.2, 0.25) is 0 Å². The molecule has 0 atom stereocenters. The fourth-order valence-electron chi connectivity index (χ4n) is 1.33. The normalized spacial score (nSPS) is 9.93. The first-order valence-corrected chi connectivity index (χ1v) is 4.54. The molecule has 1 N–H and O–H groups in total. The monoisotopic (exact) mass is 202 g/mol. The number of carbonyl (C=O) groups excluding carboxylic acids is 1. The summed E-state index contributed by atoms with van der Waals surface area (Å²) in [5.41, 5.74) is 1.56. The number of nitrogens with one attached hydrogen (secondary N) is 1. The molecule has 0 spiro atoms. The van der Waals surface area contributed by atoms with Crippen LogP contribution in [0.15, 0.2) is 36.8 Å². The van der Waals surface area contributed by atoms with Crippen molar-refractivity contribution in [1.29, 1.82) is 0 Å². The molecule has 0 aliphatic carbocycles. The van der Waals surface area contributed by atoms with E-state index < -0.39 is 0 Å². The number of imidazole rings is 1. The lowest BCUT2D eigenvalue weighted by Gasteiger charge is -2.05. The van der Waals surface area contributed by atoms with Gasteiger partial charge >= 0.3 is 5.97 Å². The molecule has 0 aliphatic rings. The van der Waals surface area contributed by atoms with E-state index in [-0.39, 0.29) is 5.97 Å². The molecule has 0 fully saturated rings. The Hall–Kier alpha value is -2.10. The number of aromatic amines is 1. The molecular formula is C11H10N2O2. The van der Waals surface area contributed by atoms with Crippen LogP contribution in [-0.4, -0.2) is 15.9 Å². The van der Waals surface area contributed by atoms with Crippen LogP contribution >= 0.6 is 0 Å². The van der Waals surface area contributed by atoms with Gasteiger partial charge in [0.1, 0.15) is 5.75 Å². The van der Waals surface area contributed by atoms with E-state index in [0.717, 1.165) is 11.3 Å². The highest BCUT2D eigenvalue weighted by atomic mass is 16.5. The van der Waals surface area contributed by atoms with Crippen LogP contribution in [0, 0.1) is 0 Å². The summed E-state index contributed by atoms with van der Waals surface area (Å²) in [6.07, 6.45) is 3.34. The Morgan fingerprint density at radius 1 is 1.40 bits per heavy atom. The number of esters is 1. The summed E-state index contributed by atoms with van der Waals surface area (Å²) < 4.78 is 5.08. The number of H-pyrrole nitrogens is 1. The number of ether oxygens (including phenoxy) is 1. The molecule has 1 aromatic carbocycles. The molecule has 0 radical (unpaired) electrons. The smallest absolute Gasteiger partial charge is 0.308 e. The average molecular weight is 202 g/mol. The highest BCUT2D eigenvalue weighted by molar-refractivity contribution is 5.74. The van der Waals surface area contributed by atoms with Gasteiger partial charge in [-0.3, -0.25) is 4.79 Å². The number of rotatable bonds is 2. The fraction of sp³-hybridized carbons (Fsp3) is 0.0909. The second-order valence-corrected chi connectivity index (χ2v) is 3.04. The number of benzene rings is 1. The molecule has 1 heterocycles. The summed E-state index contributed by atoms with van der Waals surface area (Å²) in [6, 6.07) is 7.28. The Balaban J connectivity index is 2.42. The lowest BCUT2D eigenvalue weighted by atomic mass is 10.1. The van der Waals surface area contributed by atoms with Gasteiger partial charge in [0, 0.05) is 18.7 Å². The molecule has 0 saturated carbocycles. The minimum absolute atomic E-state index is 0.335. The SMILES string of the molecule is CC(=O)Oc1ccccc1-c1c[nH]cn1. The van der Waals surface area contributed by atoms with E-state index in [1.807, 2.05) is 18.2 Å². The van der Waals surface area contributed by atoms with E-state index in [9.17, 15) is 4.79 Å². The minimum atomic E-state index is -0.335. The van der Waals surface area contributed by atoms with Crippen LogP contribution in [0.1, 0.15) is 6.92 Å². The van der Waals surface area contributed by atoms with Crippen molar-refractivity contribution in [2.45, 2.75) is 6.92 Å². The van der Waals surface area contributed by atoms with Crippen LogP contribution in [-0.2, 0) is 4.79 Å². The van der Waals surface area contributed by atoms with Crippen LogP contribution in [0.4, 0.5) is 0 Å². The van der Waals surface area contributed by atoms with Crippen molar-refractivity contribution in [2.24, 2.45) is 0 Å². The summed E-state index contributed by atoms with van der Waals surface area (Å²) in [4.78, 5) is 17.8. The van der Waals surface area contributed by atoms with Crippen molar-refractivity contribution in [3.8, 4) is 17.0 Å². The first kappa shape index (κ1) is 9.45. The zero-order valence-electron chi connectivity index (χ0n) is 8.23. The number of hydrogen-bond donors (Lipinski definition) is 1. The maximum Gasteiger partial charge on any atom is 0.308 e. The highest BCUT2D eigenvalue weighted by Crippen LogP contribution is 2.27. The summed E-state index contributed by atoms with van der Waals surface area (Å²) in [5.74, 6) is 0.190. The van der Waals surface area contributed by atoms with Crippen LogP contribution in [0.25, 0.3) is 11.3 Å². The predicted molar refractivity (Wildman–Crippen MR) is 55.3 cm³/mol. The van der Waals surface area contributed by atoms with Crippen LogP contribution in [0.3, 0.4) is 0 Å². The van der Waals surface area contributed by atoms with Gasteiger partial charge in [-0.1, -0.05) is 12.1 Å². The first-order valence-electron chi connectivity index (χ1n) is 4.54. The molecule has 4 nitrogen and oxygen atoms in total. The van der Waals surface area contributed by atoms with E-state index in [4.69, 9.17) is 4.74 Å². The van der Waals surface area contributed by atoms with Crippen LogP contribution in [0.5, 0.6) is 5.75 Å². The van der Waals surface area contributed by atoms with Gasteiger partial charge in [-0.25, -0.2) is 4.98 Å². The molecular weight excluding hydrogens is 192 g/mol. The molecule has 0 aliphatic heterocycles. The van der Waals surface area contributed by atoms with Crippen molar-refractivity contribution in [2.75, 3.05) is 0 Å². The van der Waals surface area contributed by atoms with Crippen molar-refractivity contribution >= 4 is 5.97 Å². The van der Waals surface area contributed by atoms with Crippen LogP contribution < -0.4 is 4.74 Å². The van der Waals surface area contributed by atoms with E-state index in [0.29, 0.717) is 5.75 Å². The van der Waals surface area contributed by atoms with Gasteiger partial charge in [-0.15, -0.1) is 0 Å². The zero-order valence-corrected chi connectivity index (χ0v) is 8.23. The van der Waals surface area contributed by atoms with E-state index in [1.54, 1.807) is 18.6 Å². The molecule has 1 aromatic heterocycles. The van der Waals surface area contributed by atoms with Crippen molar-refractivity contribution in [3.63, 3.8) is 0 Å². The predicted octanol–water partition coefficient (Wildman–Crippen LogP) is 2.00. The first-order chi connectivity index (χ1) is 7.27. The average Bonchev–Trinajstić information content (AvgIpc) is 2.70. The van der Waals surface area contributed by atoms with Gasteiger partial charge in [0.25, 0.3) is 0 Å². The van der Waals surface area contributed by atoms with Crippen molar-refractivity contribution in [1.82, 2.24) is 9.97 Å². The van der Waals surface area contributed by atoms with Gasteiger partial charge in [-0.2, -0.15) is 0 Å². The summed E-state index contributed by atoms with van der Waals surface area (Å²) in [5, 5.41) is 0. The summed E-state index contributed by atoms with van der Waals surface area (Å²) >= 11 is 0. The maximum absolute atomic E-state index is 10.9. The minimum Gasteiger partial charge on any atom is -0.426 e. The molecule has 2 aromatic rings. The molecule has 0 unspecified atom stereocenters. The largest absolute Gasteiger partial charge is 0.426 e. The molecule has 15 heavy (non-hydrogen) atoms. The lowest BCUT2D eigenvalue weighted by molar-refractivity contribution is -0.131. The van der Waals surface area contributed by atoms with Gasteiger partial charge in [0.15, 0.2) is 0 Å². The van der Waals surface area contributed by atoms with Gasteiger partial charge in [-0.05, 0) is 12.1 Å². The molecule has 2 rings (SSSR count). The third-order valence-electron chi connectivity index (χ3n) is 1.91. The third-order valence-corrected chi connectivity index (χ3v) is 1.91. The van der Waals surface area contributed by atoms with Gasteiger partial charge in [0.05, 0.1) is 12.0 Å². The van der Waals surface area contributed by atoms with E-state index in [2.05, 4.69) is 9.97 Å². The Labute approximate surface area is 86.9 Å². The lowest BCUT2D eigenvalue weighted by Crippen LogP contribution is -2.02. The second-order valence-electron chi connectivity index (χ2n) is 3.04. The Kier molecular flexibility index (Phi) is 2.49. The third kappa shape index (κ3) is 2.04. The Bertz CT molecular complexity index is 463. The number of para-hydroxylation sites is 1.